The van der Waals surface area contributed by atoms with Crippen LogP contribution in [0.1, 0.15) is 53.3 Å². The van der Waals surface area contributed by atoms with E-state index in [2.05, 4.69) is 50.3 Å². The van der Waals surface area contributed by atoms with E-state index >= 15 is 0 Å². The Morgan fingerprint density at radius 3 is 2.36 bits per heavy atom. The maximum Gasteiger partial charge on any atom is 0.270 e. The number of piperidine rings is 1. The Morgan fingerprint density at radius 1 is 0.849 bits per heavy atom. The molecular formula is C52H68ClN13O7. The van der Waals surface area contributed by atoms with Crippen molar-refractivity contribution in [2.75, 3.05) is 124 Å². The second-order valence-electron chi connectivity index (χ2n) is 18.7. The van der Waals surface area contributed by atoms with Crippen molar-refractivity contribution in [1.29, 1.82) is 0 Å². The summed E-state index contributed by atoms with van der Waals surface area (Å²) in [5.74, 6) is 1.24. The largest absolute Gasteiger partial charge is 0.492 e. The molecule has 0 bridgehead atoms. The van der Waals surface area contributed by atoms with E-state index in [0.717, 1.165) is 59.9 Å². The van der Waals surface area contributed by atoms with Gasteiger partial charge >= 0.3 is 0 Å². The molecule has 2 aliphatic heterocycles. The van der Waals surface area contributed by atoms with E-state index in [0.29, 0.717) is 133 Å². The molecule has 0 unspecified atom stereocenters. The van der Waals surface area contributed by atoms with Crippen molar-refractivity contribution in [3.8, 4) is 5.75 Å². The number of nitrogens with two attached hydrogens (primary N) is 1. The molecule has 0 spiro atoms. The van der Waals surface area contributed by atoms with Crippen LogP contribution in [0, 0.1) is 0 Å². The van der Waals surface area contributed by atoms with Crippen LogP contribution in [0.3, 0.4) is 0 Å². The van der Waals surface area contributed by atoms with Gasteiger partial charge in [-0.15, -0.1) is 0 Å². The molecule has 73 heavy (non-hydrogen) atoms. The van der Waals surface area contributed by atoms with E-state index in [9.17, 15) is 14.4 Å². The minimum Gasteiger partial charge on any atom is -0.492 e. The van der Waals surface area contributed by atoms with Gasteiger partial charge in [-0.25, -0.2) is 19.9 Å². The number of hydrogen-bond acceptors (Lipinski definition) is 15. The van der Waals surface area contributed by atoms with Crippen LogP contribution in [0.5, 0.6) is 5.75 Å². The van der Waals surface area contributed by atoms with Gasteiger partial charge in [-0.1, -0.05) is 41.9 Å². The number of rotatable bonds is 26. The van der Waals surface area contributed by atoms with Crippen LogP contribution >= 0.6 is 11.6 Å². The lowest BCUT2D eigenvalue weighted by Gasteiger charge is -2.39. The maximum atomic E-state index is 13.9. The Morgan fingerprint density at radius 2 is 1.59 bits per heavy atom. The Kier molecular flexibility index (Phi) is 19.0. The number of para-hydroxylation sites is 1. The molecule has 0 saturated carbocycles. The number of aromatic amines is 1. The zero-order valence-corrected chi connectivity index (χ0v) is 42.6. The van der Waals surface area contributed by atoms with Crippen molar-refractivity contribution in [2.24, 2.45) is 5.73 Å². The number of halogens is 1. The second kappa shape index (κ2) is 26.1. The fourth-order valence-corrected chi connectivity index (χ4v) is 9.10. The molecule has 2 aromatic carbocycles. The van der Waals surface area contributed by atoms with Crippen LogP contribution in [-0.4, -0.2) is 187 Å². The Hall–Kier alpha value is -6.26. The lowest BCUT2D eigenvalue weighted by molar-refractivity contribution is -0.134. The molecule has 6 aromatic rings. The number of ether oxygens (including phenoxy) is 4. The standard InChI is InChI=1S/C52H68ClN13O7/c1-62(2)27-30-73-45-6-4-3-5-39(45)35-66-37-59-43-11-12-44(60-49(43)66)50(68)56-19-29-71-32-34-72-33-31-70-28-15-46(67)64-25-23-63(24-26-64)20-14-42(38-7-9-40(53)10-8-38)61-51(69)52(54)16-21-65(22-17-52)48-41-13-18-55-47(41)57-36-58-48/h3-13,18,36-37,42H,14-17,19-35,54H2,1-2H3,(H,56,68)(H,61,69)(H,55,57,58)/t42-/m0/s1. The van der Waals surface area contributed by atoms with E-state index in [1.54, 1.807) is 24.8 Å². The highest BCUT2D eigenvalue weighted by Gasteiger charge is 2.39. The molecule has 390 valence electrons. The first-order valence-electron chi connectivity index (χ1n) is 25.1. The number of imidazole rings is 1. The number of amides is 3. The molecule has 8 rings (SSSR count). The van der Waals surface area contributed by atoms with E-state index in [1.165, 1.54) is 0 Å². The number of anilines is 1. The first-order valence-corrected chi connectivity index (χ1v) is 25.5. The highest BCUT2D eigenvalue weighted by molar-refractivity contribution is 6.30. The van der Waals surface area contributed by atoms with Crippen LogP contribution < -0.4 is 26.0 Å². The number of pyridine rings is 1. The zero-order valence-electron chi connectivity index (χ0n) is 41.8. The number of aromatic nitrogens is 6. The quantitative estimate of drug-likeness (QED) is 0.0566. The van der Waals surface area contributed by atoms with Gasteiger partial charge in [-0.2, -0.15) is 0 Å². The van der Waals surface area contributed by atoms with Crippen LogP contribution in [-0.2, 0) is 30.3 Å². The first kappa shape index (κ1) is 53.0. The number of fused-ring (bicyclic) bond motifs is 2. The van der Waals surface area contributed by atoms with Gasteiger partial charge in [-0.3, -0.25) is 19.3 Å². The third-order valence-electron chi connectivity index (χ3n) is 13.3. The number of H-pyrrole nitrogens is 1. The van der Waals surface area contributed by atoms with Crippen molar-refractivity contribution in [3.63, 3.8) is 0 Å². The smallest absolute Gasteiger partial charge is 0.270 e. The third kappa shape index (κ3) is 14.7. The van der Waals surface area contributed by atoms with Gasteiger partial charge in [-0.05, 0) is 75.3 Å². The van der Waals surface area contributed by atoms with Crippen LogP contribution in [0.15, 0.2) is 85.6 Å². The van der Waals surface area contributed by atoms with Gasteiger partial charge in [0.05, 0.1) is 75.9 Å². The average Bonchev–Trinajstić information content (AvgIpc) is 4.06. The summed E-state index contributed by atoms with van der Waals surface area (Å²) < 4.78 is 24.9. The SMILES string of the molecule is CN(C)CCOc1ccccc1Cn1cnc2ccc(C(=O)NCCOCCOCCOCCC(=O)N3CCN(CC[C@H](NC(=O)C4(N)CCN(c5ncnc6[nH]ccc56)CC4)c4ccc(Cl)cc4)CC3)nc21. The number of likely N-dealkylation sites (N-methyl/N-ethyl adjacent to an activating group) is 1. The number of carbonyl (C=O) groups excluding carboxylic acids is 3. The normalized spacial score (nSPS) is 15.5. The molecule has 0 radical (unpaired) electrons. The van der Waals surface area contributed by atoms with Crippen molar-refractivity contribution < 1.29 is 33.3 Å². The molecule has 0 aliphatic carbocycles. The summed E-state index contributed by atoms with van der Waals surface area (Å²) in [6.07, 6.45) is 7.06. The Bertz CT molecular complexity index is 2720. The predicted octanol–water partition coefficient (Wildman–Crippen LogP) is 3.90. The topological polar surface area (TPSA) is 223 Å². The van der Waals surface area contributed by atoms with Crippen LogP contribution in [0.2, 0.25) is 5.02 Å². The first-order chi connectivity index (χ1) is 35.5. The fourth-order valence-electron chi connectivity index (χ4n) is 8.97. The summed E-state index contributed by atoms with van der Waals surface area (Å²) in [6, 6.07) is 20.6. The minimum absolute atomic E-state index is 0.0608. The molecule has 20 nitrogen and oxygen atoms in total. The van der Waals surface area contributed by atoms with Gasteiger partial charge in [0, 0.05) is 75.7 Å². The summed E-state index contributed by atoms with van der Waals surface area (Å²) in [4.78, 5) is 69.4. The number of piperazine rings is 1. The van der Waals surface area contributed by atoms with Gasteiger partial charge in [0.2, 0.25) is 11.8 Å². The number of hydrogen-bond donors (Lipinski definition) is 4. The molecule has 21 heteroatoms. The highest BCUT2D eigenvalue weighted by atomic mass is 35.5. The van der Waals surface area contributed by atoms with E-state index < -0.39 is 5.54 Å². The highest BCUT2D eigenvalue weighted by Crippen LogP contribution is 2.30. The second-order valence-corrected chi connectivity index (χ2v) is 19.1. The number of carbonyl (C=O) groups is 3. The number of benzene rings is 2. The van der Waals surface area contributed by atoms with Crippen molar-refractivity contribution in [3.05, 3.63) is 107 Å². The number of nitrogens with one attached hydrogen (secondary N) is 3. The Labute approximate surface area is 430 Å². The van der Waals surface area contributed by atoms with Crippen molar-refractivity contribution in [2.45, 2.75) is 43.8 Å². The molecule has 3 amide bonds. The monoisotopic (exact) mass is 1020 g/mol. The Balaban J connectivity index is 0.665. The summed E-state index contributed by atoms with van der Waals surface area (Å²) >= 11 is 6.24. The summed E-state index contributed by atoms with van der Waals surface area (Å²) in [5.41, 5.74) is 10.1. The van der Waals surface area contributed by atoms with Gasteiger partial charge in [0.15, 0.2) is 5.65 Å². The summed E-state index contributed by atoms with van der Waals surface area (Å²) in [6.45, 7) is 8.91. The van der Waals surface area contributed by atoms with E-state index in [1.807, 2.05) is 84.4 Å². The van der Waals surface area contributed by atoms with Crippen molar-refractivity contribution >= 4 is 57.3 Å². The molecule has 2 aliphatic rings. The lowest BCUT2D eigenvalue weighted by atomic mass is 9.87. The van der Waals surface area contributed by atoms with E-state index in [4.69, 9.17) is 36.3 Å². The van der Waals surface area contributed by atoms with Crippen LogP contribution in [0.4, 0.5) is 5.82 Å². The average molecular weight is 1020 g/mol. The molecule has 2 saturated heterocycles. The molecule has 6 heterocycles. The van der Waals surface area contributed by atoms with E-state index in [-0.39, 0.29) is 23.8 Å². The van der Waals surface area contributed by atoms with Gasteiger partial charge < -0.3 is 59.6 Å². The molecule has 1 atom stereocenters. The molecule has 5 N–H and O–H groups in total. The number of nitrogens with zero attached hydrogens (tertiary/aromatic N) is 9. The zero-order chi connectivity index (χ0) is 51.0. The van der Waals surface area contributed by atoms with Crippen molar-refractivity contribution in [1.82, 2.24) is 54.8 Å². The predicted molar refractivity (Wildman–Crippen MR) is 279 cm³/mol. The molecular weight excluding hydrogens is 954 g/mol. The minimum atomic E-state index is -1.02. The maximum absolute atomic E-state index is 13.9. The summed E-state index contributed by atoms with van der Waals surface area (Å²) in [5, 5.41) is 7.73. The van der Waals surface area contributed by atoms with Crippen LogP contribution in [0.25, 0.3) is 22.2 Å². The molecule has 2 fully saturated rings. The third-order valence-corrected chi connectivity index (χ3v) is 13.6. The summed E-state index contributed by atoms with van der Waals surface area (Å²) in [7, 11) is 4.02. The molecule has 4 aromatic heterocycles. The fraction of sp³-hybridized carbons (Fsp3) is 0.481. The van der Waals surface area contributed by atoms with Gasteiger partial charge in [0.1, 0.15) is 41.4 Å². The van der Waals surface area contributed by atoms with Gasteiger partial charge in [0.25, 0.3) is 5.91 Å². The lowest BCUT2D eigenvalue weighted by Crippen LogP contribution is -2.60.